The van der Waals surface area contributed by atoms with E-state index in [1.165, 1.54) is 12.3 Å². The fourth-order valence-corrected chi connectivity index (χ4v) is 4.81. The number of likely N-dealkylation sites (tertiary alicyclic amines) is 1. The number of aromatic nitrogens is 6. The van der Waals surface area contributed by atoms with E-state index >= 15 is 0 Å². The number of nitriles is 1. The largest absolute Gasteiger partial charge is 0.490 e. The minimum absolute atomic E-state index is 0.180. The predicted molar refractivity (Wildman–Crippen MR) is 142 cm³/mol. The first-order valence-electron chi connectivity index (χ1n) is 12.6. The number of nitrogens with zero attached hydrogens (tertiary/aromatic N) is 8. The predicted octanol–water partition coefficient (Wildman–Crippen LogP) is 3.14. The third-order valence-electron chi connectivity index (χ3n) is 7.01. The molecule has 0 aliphatic carbocycles. The molecule has 6 rings (SSSR count). The van der Waals surface area contributed by atoms with Crippen LogP contribution in [0.15, 0.2) is 66.0 Å². The van der Waals surface area contributed by atoms with Gasteiger partial charge in [-0.15, -0.1) is 0 Å². The molecule has 0 atom stereocenters. The normalized spacial score (nSPS) is 14.6. The van der Waals surface area contributed by atoms with Crippen LogP contribution in [0.1, 0.15) is 24.0 Å². The summed E-state index contributed by atoms with van der Waals surface area (Å²) in [6.07, 6.45) is 8.86. The molecule has 0 bridgehead atoms. The Morgan fingerprint density at radius 3 is 2.68 bits per heavy atom. The average Bonchev–Trinajstić information content (AvgIpc) is 3.33. The van der Waals surface area contributed by atoms with Gasteiger partial charge in [0.1, 0.15) is 6.07 Å². The van der Waals surface area contributed by atoms with E-state index in [2.05, 4.69) is 38.0 Å². The first-order valence-corrected chi connectivity index (χ1v) is 12.6. The Labute approximate surface area is 218 Å². The summed E-state index contributed by atoms with van der Waals surface area (Å²) in [5.41, 5.74) is 3.15. The molecular weight excluding hydrogens is 480 g/mol. The van der Waals surface area contributed by atoms with Gasteiger partial charge in [-0.2, -0.15) is 10.2 Å². The van der Waals surface area contributed by atoms with Crippen molar-refractivity contribution in [3.63, 3.8) is 0 Å². The van der Waals surface area contributed by atoms with E-state index in [-0.39, 0.29) is 5.56 Å². The van der Waals surface area contributed by atoms with Crippen molar-refractivity contribution in [1.82, 2.24) is 33.8 Å². The highest BCUT2D eigenvalue weighted by Crippen LogP contribution is 2.22. The Bertz CT molecular complexity index is 1710. The maximum Gasteiger partial charge on any atom is 0.255 e. The summed E-state index contributed by atoms with van der Waals surface area (Å²) in [4.78, 5) is 33.0. The molecule has 1 aliphatic rings. The smallest absolute Gasteiger partial charge is 0.255 e. The van der Waals surface area contributed by atoms with Gasteiger partial charge in [0.05, 0.1) is 36.6 Å². The van der Waals surface area contributed by atoms with E-state index in [4.69, 9.17) is 4.74 Å². The fraction of sp³-hybridized carbons (Fsp3) is 0.286. The van der Waals surface area contributed by atoms with Gasteiger partial charge in [0.15, 0.2) is 17.2 Å². The molecule has 10 heteroatoms. The van der Waals surface area contributed by atoms with Crippen LogP contribution in [-0.4, -0.2) is 60.5 Å². The highest BCUT2D eigenvalue weighted by Gasteiger charge is 2.17. The first kappa shape index (κ1) is 23.8. The molecule has 0 N–H and O–H groups in total. The first-order chi connectivity index (χ1) is 18.6. The lowest BCUT2D eigenvalue weighted by atomic mass is 9.98. The average molecular weight is 507 g/mol. The van der Waals surface area contributed by atoms with E-state index < -0.39 is 0 Å². The molecule has 1 fully saturated rings. The monoisotopic (exact) mass is 506 g/mol. The van der Waals surface area contributed by atoms with Gasteiger partial charge in [-0.3, -0.25) is 13.8 Å². The number of ether oxygens (including phenoxy) is 1. The molecule has 0 radical (unpaired) electrons. The van der Waals surface area contributed by atoms with Crippen LogP contribution in [0.5, 0.6) is 5.75 Å². The molecule has 38 heavy (non-hydrogen) atoms. The highest BCUT2D eigenvalue weighted by molar-refractivity contribution is 5.76. The molecule has 10 nitrogen and oxygen atoms in total. The van der Waals surface area contributed by atoms with Crippen molar-refractivity contribution in [2.45, 2.75) is 19.4 Å². The lowest BCUT2D eigenvalue weighted by molar-refractivity contribution is 0.159. The Balaban J connectivity index is 1.22. The molecule has 5 heterocycles. The molecular formula is C28H26N8O2. The maximum atomic E-state index is 12.8. The number of hydrogen-bond acceptors (Lipinski definition) is 8. The minimum Gasteiger partial charge on any atom is -0.490 e. The summed E-state index contributed by atoms with van der Waals surface area (Å²) in [5, 5.41) is 9.23. The minimum atomic E-state index is -0.180. The maximum absolute atomic E-state index is 12.8. The fourth-order valence-electron chi connectivity index (χ4n) is 4.81. The van der Waals surface area contributed by atoms with Crippen molar-refractivity contribution < 1.29 is 4.74 Å². The lowest BCUT2D eigenvalue weighted by Crippen LogP contribution is -2.32. The van der Waals surface area contributed by atoms with E-state index in [0.717, 1.165) is 37.1 Å². The summed E-state index contributed by atoms with van der Waals surface area (Å²) in [5.74, 6) is 2.28. The topological polar surface area (TPSA) is 114 Å². The van der Waals surface area contributed by atoms with Gasteiger partial charge < -0.3 is 9.64 Å². The van der Waals surface area contributed by atoms with Gasteiger partial charge in [0.2, 0.25) is 5.78 Å². The van der Waals surface area contributed by atoms with Crippen LogP contribution in [0, 0.1) is 17.2 Å². The van der Waals surface area contributed by atoms with Crippen LogP contribution in [0.4, 0.5) is 0 Å². The third-order valence-corrected chi connectivity index (χ3v) is 7.01. The quantitative estimate of drug-likeness (QED) is 0.345. The third kappa shape index (κ3) is 4.71. The summed E-state index contributed by atoms with van der Waals surface area (Å²) in [6.45, 7) is 3.21. The van der Waals surface area contributed by atoms with E-state index in [9.17, 15) is 10.1 Å². The van der Waals surface area contributed by atoms with Crippen LogP contribution in [-0.2, 0) is 6.54 Å². The van der Waals surface area contributed by atoms with Crippen LogP contribution < -0.4 is 10.3 Å². The Kier molecular flexibility index (Phi) is 6.27. The second-order valence-electron chi connectivity index (χ2n) is 9.70. The number of piperidine rings is 1. The second kappa shape index (κ2) is 10.0. The van der Waals surface area contributed by atoms with E-state index in [1.54, 1.807) is 33.6 Å². The van der Waals surface area contributed by atoms with Gasteiger partial charge in [0.25, 0.3) is 5.56 Å². The van der Waals surface area contributed by atoms with Crippen molar-refractivity contribution in [1.29, 1.82) is 5.26 Å². The van der Waals surface area contributed by atoms with Crippen molar-refractivity contribution >= 4 is 16.9 Å². The van der Waals surface area contributed by atoms with Gasteiger partial charge in [-0.05, 0) is 56.6 Å². The molecule has 4 aromatic heterocycles. The highest BCUT2D eigenvalue weighted by atomic mass is 16.5. The SMILES string of the molecule is CN1CCC(COc2cnc(-c3cccc(Cn4c(=O)ccn5c6cc(C#N)cnc6nc45)c3)nc2)CC1. The number of rotatable bonds is 6. The summed E-state index contributed by atoms with van der Waals surface area (Å²) >= 11 is 0. The number of fused-ring (bicyclic) bond motifs is 3. The lowest BCUT2D eigenvalue weighted by Gasteiger charge is -2.28. The van der Waals surface area contributed by atoms with Crippen molar-refractivity contribution in [3.05, 3.63) is 82.7 Å². The zero-order valence-electron chi connectivity index (χ0n) is 21.0. The molecule has 0 spiro atoms. The van der Waals surface area contributed by atoms with Crippen molar-refractivity contribution in [3.8, 4) is 23.2 Å². The van der Waals surface area contributed by atoms with Crippen LogP contribution in [0.3, 0.4) is 0 Å². The Morgan fingerprint density at radius 1 is 1.08 bits per heavy atom. The summed E-state index contributed by atoms with van der Waals surface area (Å²) in [6, 6.07) is 13.1. The van der Waals surface area contributed by atoms with E-state index in [1.807, 2.05) is 24.3 Å². The molecule has 1 aliphatic heterocycles. The van der Waals surface area contributed by atoms with Gasteiger partial charge in [0, 0.05) is 24.0 Å². The number of pyridine rings is 1. The molecule has 1 aromatic carbocycles. The van der Waals surface area contributed by atoms with Gasteiger partial charge >= 0.3 is 0 Å². The molecule has 190 valence electrons. The molecule has 5 aromatic rings. The van der Waals surface area contributed by atoms with Gasteiger partial charge in [-0.25, -0.2) is 15.0 Å². The number of hydrogen-bond donors (Lipinski definition) is 0. The summed E-state index contributed by atoms with van der Waals surface area (Å²) in [7, 11) is 2.15. The van der Waals surface area contributed by atoms with E-state index in [0.29, 0.717) is 53.1 Å². The van der Waals surface area contributed by atoms with Crippen molar-refractivity contribution in [2.24, 2.45) is 5.92 Å². The Morgan fingerprint density at radius 2 is 1.89 bits per heavy atom. The number of benzene rings is 1. The zero-order valence-corrected chi connectivity index (χ0v) is 21.0. The van der Waals surface area contributed by atoms with Crippen molar-refractivity contribution in [2.75, 3.05) is 26.7 Å². The van der Waals surface area contributed by atoms with Crippen LogP contribution in [0.2, 0.25) is 0 Å². The Hall–Kier alpha value is -4.62. The molecule has 0 saturated carbocycles. The second-order valence-corrected chi connectivity index (χ2v) is 9.70. The van der Waals surface area contributed by atoms with Gasteiger partial charge in [-0.1, -0.05) is 18.2 Å². The molecule has 0 amide bonds. The zero-order chi connectivity index (χ0) is 26.1. The summed E-state index contributed by atoms with van der Waals surface area (Å²) < 4.78 is 9.32. The standard InChI is InChI=1S/C28H26N8O2/c1-34-8-5-19(6-9-34)18-38-23-15-31-26(32-16-23)22-4-2-3-20(11-22)17-36-25(37)7-10-35-24-12-21(13-29)14-30-27(24)33-28(35)36/h2-4,7,10-12,14-16,19H,5-6,8-9,17-18H2,1H3. The number of imidazole rings is 1. The van der Waals surface area contributed by atoms with Crippen LogP contribution in [0.25, 0.3) is 28.3 Å². The molecule has 0 unspecified atom stereocenters. The van der Waals surface area contributed by atoms with Crippen LogP contribution >= 0.6 is 0 Å². The molecule has 1 saturated heterocycles.